The number of hydrazone groups is 1. The summed E-state index contributed by atoms with van der Waals surface area (Å²) >= 11 is 0. The molecular weight excluding hydrogens is 420 g/mol. The first kappa shape index (κ1) is 24.5. The number of ether oxygens (including phenoxy) is 3. The van der Waals surface area contributed by atoms with Crippen LogP contribution in [0.5, 0.6) is 0 Å². The molecule has 2 aromatic carbocycles. The van der Waals surface area contributed by atoms with Crippen molar-refractivity contribution in [1.29, 1.82) is 0 Å². The predicted molar refractivity (Wildman–Crippen MR) is 126 cm³/mol. The molecule has 1 heterocycles. The SMILES string of the molecule is COC(=O)C(C(=O)OC)[C@@H](C)/C=N/N1CCC[C@H]1COC(c1ccccc1)c1ccccc1. The summed E-state index contributed by atoms with van der Waals surface area (Å²) in [5, 5.41) is 6.58. The van der Waals surface area contributed by atoms with Crippen molar-refractivity contribution in [2.45, 2.75) is 31.9 Å². The highest BCUT2D eigenvalue weighted by Gasteiger charge is 2.34. The fraction of sp³-hybridized carbons (Fsp3) is 0.423. The molecule has 1 aliphatic heterocycles. The molecule has 1 saturated heterocycles. The molecule has 1 fully saturated rings. The van der Waals surface area contributed by atoms with E-state index < -0.39 is 23.8 Å². The highest BCUT2D eigenvalue weighted by atomic mass is 16.5. The Morgan fingerprint density at radius 1 is 1.00 bits per heavy atom. The maximum Gasteiger partial charge on any atom is 0.320 e. The molecule has 33 heavy (non-hydrogen) atoms. The van der Waals surface area contributed by atoms with E-state index in [0.717, 1.165) is 30.5 Å². The van der Waals surface area contributed by atoms with Crippen molar-refractivity contribution in [3.8, 4) is 0 Å². The maximum absolute atomic E-state index is 12.0. The third-order valence-corrected chi connectivity index (χ3v) is 5.89. The number of esters is 2. The molecule has 0 amide bonds. The van der Waals surface area contributed by atoms with Gasteiger partial charge in [0.25, 0.3) is 0 Å². The zero-order valence-corrected chi connectivity index (χ0v) is 19.4. The van der Waals surface area contributed by atoms with Gasteiger partial charge in [-0.3, -0.25) is 14.6 Å². The van der Waals surface area contributed by atoms with Crippen molar-refractivity contribution < 1.29 is 23.8 Å². The van der Waals surface area contributed by atoms with Crippen LogP contribution in [0.25, 0.3) is 0 Å². The molecule has 7 nitrogen and oxygen atoms in total. The molecule has 7 heteroatoms. The van der Waals surface area contributed by atoms with Crippen molar-refractivity contribution in [2.24, 2.45) is 16.9 Å². The summed E-state index contributed by atoms with van der Waals surface area (Å²) in [4.78, 5) is 24.1. The van der Waals surface area contributed by atoms with Crippen molar-refractivity contribution in [1.82, 2.24) is 5.01 Å². The number of hydrogen-bond acceptors (Lipinski definition) is 7. The zero-order valence-electron chi connectivity index (χ0n) is 19.4. The normalized spacial score (nSPS) is 17.0. The number of carbonyl (C=O) groups excluding carboxylic acids is 2. The average molecular weight is 453 g/mol. The molecule has 0 N–H and O–H groups in total. The van der Waals surface area contributed by atoms with Gasteiger partial charge in [0.1, 0.15) is 6.10 Å². The minimum absolute atomic E-state index is 0.109. The second-order valence-electron chi connectivity index (χ2n) is 8.14. The third kappa shape index (κ3) is 6.42. The quantitative estimate of drug-likeness (QED) is 0.310. The van der Waals surface area contributed by atoms with Gasteiger partial charge in [0.05, 0.1) is 26.9 Å². The van der Waals surface area contributed by atoms with Crippen LogP contribution in [0.4, 0.5) is 0 Å². The third-order valence-electron chi connectivity index (χ3n) is 5.89. The van der Waals surface area contributed by atoms with Gasteiger partial charge in [0.15, 0.2) is 5.92 Å². The van der Waals surface area contributed by atoms with Crippen LogP contribution in [-0.4, -0.2) is 56.6 Å². The topological polar surface area (TPSA) is 77.4 Å². The number of carbonyl (C=O) groups is 2. The van der Waals surface area contributed by atoms with Gasteiger partial charge in [-0.05, 0) is 24.0 Å². The molecule has 0 bridgehead atoms. The van der Waals surface area contributed by atoms with Crippen molar-refractivity contribution in [3.63, 3.8) is 0 Å². The summed E-state index contributed by atoms with van der Waals surface area (Å²) in [6.45, 7) is 3.06. The van der Waals surface area contributed by atoms with Crippen LogP contribution >= 0.6 is 0 Å². The van der Waals surface area contributed by atoms with E-state index in [4.69, 9.17) is 14.2 Å². The molecule has 3 rings (SSSR count). The summed E-state index contributed by atoms with van der Waals surface area (Å²) in [6.07, 6.45) is 3.42. The number of benzene rings is 2. The lowest BCUT2D eigenvalue weighted by Crippen LogP contribution is -2.34. The van der Waals surface area contributed by atoms with E-state index >= 15 is 0 Å². The summed E-state index contributed by atoms with van der Waals surface area (Å²) in [5.41, 5.74) is 2.20. The van der Waals surface area contributed by atoms with Crippen LogP contribution in [0.2, 0.25) is 0 Å². The molecular formula is C26H32N2O5. The predicted octanol–water partition coefficient (Wildman–Crippen LogP) is 3.84. The molecule has 2 aromatic rings. The summed E-state index contributed by atoms with van der Waals surface area (Å²) in [5.74, 6) is -2.76. The first-order valence-electron chi connectivity index (χ1n) is 11.2. The van der Waals surface area contributed by atoms with Gasteiger partial charge in [-0.2, -0.15) is 5.10 Å². The van der Waals surface area contributed by atoms with E-state index in [1.54, 1.807) is 13.1 Å². The lowest BCUT2D eigenvalue weighted by molar-refractivity contribution is -0.160. The second-order valence-corrected chi connectivity index (χ2v) is 8.14. The van der Waals surface area contributed by atoms with E-state index in [2.05, 4.69) is 29.4 Å². The number of rotatable bonds is 10. The fourth-order valence-electron chi connectivity index (χ4n) is 4.05. The molecule has 0 radical (unpaired) electrons. The monoisotopic (exact) mass is 452 g/mol. The van der Waals surface area contributed by atoms with E-state index in [1.807, 2.05) is 41.4 Å². The molecule has 176 valence electrons. The van der Waals surface area contributed by atoms with Gasteiger partial charge in [-0.1, -0.05) is 67.6 Å². The zero-order chi connectivity index (χ0) is 23.6. The Kier molecular flexibility index (Phi) is 9.01. The summed E-state index contributed by atoms with van der Waals surface area (Å²) in [6, 6.07) is 20.5. The first-order valence-corrected chi connectivity index (χ1v) is 11.2. The van der Waals surface area contributed by atoms with Gasteiger partial charge in [0.2, 0.25) is 0 Å². The van der Waals surface area contributed by atoms with Crippen LogP contribution in [0.15, 0.2) is 65.8 Å². The molecule has 2 atom stereocenters. The minimum Gasteiger partial charge on any atom is -0.468 e. The standard InChI is InChI=1S/C26H32N2O5/c1-19(23(25(29)31-2)26(30)32-3)17-27-28-16-10-15-22(28)18-33-24(20-11-6-4-7-12-20)21-13-8-5-9-14-21/h4-9,11-14,17,19,22-24H,10,15-16,18H2,1-3H3/b27-17+/t19-,22-/m0/s1. The molecule has 0 saturated carbocycles. The Labute approximate surface area is 195 Å². The Hall–Kier alpha value is -3.19. The van der Waals surface area contributed by atoms with Gasteiger partial charge >= 0.3 is 11.9 Å². The van der Waals surface area contributed by atoms with Gasteiger partial charge < -0.3 is 14.2 Å². The van der Waals surface area contributed by atoms with Crippen molar-refractivity contribution in [3.05, 3.63) is 71.8 Å². The Bertz CT molecular complexity index is 863. The van der Waals surface area contributed by atoms with Crippen LogP contribution < -0.4 is 0 Å². The van der Waals surface area contributed by atoms with Crippen LogP contribution in [-0.2, 0) is 23.8 Å². The first-order chi connectivity index (χ1) is 16.0. The van der Waals surface area contributed by atoms with E-state index in [1.165, 1.54) is 14.2 Å². The molecule has 1 aliphatic rings. The van der Waals surface area contributed by atoms with Crippen molar-refractivity contribution in [2.75, 3.05) is 27.4 Å². The molecule has 0 aromatic heterocycles. The van der Waals surface area contributed by atoms with Gasteiger partial charge in [-0.25, -0.2) is 0 Å². The summed E-state index contributed by atoms with van der Waals surface area (Å²) < 4.78 is 16.0. The Balaban J connectivity index is 1.68. The number of nitrogens with zero attached hydrogens (tertiary/aromatic N) is 2. The average Bonchev–Trinajstić information content (AvgIpc) is 3.31. The van der Waals surface area contributed by atoms with Crippen molar-refractivity contribution >= 4 is 18.2 Å². The van der Waals surface area contributed by atoms with Gasteiger partial charge in [0, 0.05) is 18.7 Å². The summed E-state index contributed by atoms with van der Waals surface area (Å²) in [7, 11) is 2.51. The highest BCUT2D eigenvalue weighted by Crippen LogP contribution is 2.28. The lowest BCUT2D eigenvalue weighted by atomic mass is 9.95. The Morgan fingerprint density at radius 3 is 2.06 bits per heavy atom. The van der Waals surface area contributed by atoms with Crippen LogP contribution in [0, 0.1) is 11.8 Å². The number of methoxy groups -OCH3 is 2. The molecule has 0 aliphatic carbocycles. The molecule has 0 spiro atoms. The maximum atomic E-state index is 12.0. The van der Waals surface area contributed by atoms with Crippen LogP contribution in [0.3, 0.4) is 0 Å². The van der Waals surface area contributed by atoms with Gasteiger partial charge in [-0.15, -0.1) is 0 Å². The van der Waals surface area contributed by atoms with Crippen LogP contribution in [0.1, 0.15) is 37.0 Å². The second kappa shape index (κ2) is 12.2. The van der Waals surface area contributed by atoms with E-state index in [-0.39, 0.29) is 12.1 Å². The molecule has 0 unspecified atom stereocenters. The van der Waals surface area contributed by atoms with E-state index in [0.29, 0.717) is 6.61 Å². The number of hydrogen-bond donors (Lipinski definition) is 0. The highest BCUT2D eigenvalue weighted by molar-refractivity contribution is 5.97. The minimum atomic E-state index is -1.04. The smallest absolute Gasteiger partial charge is 0.320 e. The lowest BCUT2D eigenvalue weighted by Gasteiger charge is -2.26. The van der Waals surface area contributed by atoms with E-state index in [9.17, 15) is 9.59 Å². The fourth-order valence-corrected chi connectivity index (χ4v) is 4.05. The Morgan fingerprint density at radius 2 is 1.55 bits per heavy atom. The largest absolute Gasteiger partial charge is 0.468 e.